The normalized spacial score (nSPS) is 10.7. The number of rotatable bonds is 6. The van der Waals surface area contributed by atoms with Gasteiger partial charge in [-0.15, -0.1) is 0 Å². The third kappa shape index (κ3) is 3.73. The predicted molar refractivity (Wildman–Crippen MR) is 92.2 cm³/mol. The summed E-state index contributed by atoms with van der Waals surface area (Å²) in [6.45, 7) is 3.19. The van der Waals surface area contributed by atoms with Crippen molar-refractivity contribution < 1.29 is 4.74 Å². The fraction of sp³-hybridized carbons (Fsp3) is 0.235. The van der Waals surface area contributed by atoms with Crippen molar-refractivity contribution in [3.8, 4) is 0 Å². The molecule has 0 aliphatic carbocycles. The molecule has 2 aromatic heterocycles. The van der Waals surface area contributed by atoms with Crippen LogP contribution in [-0.2, 0) is 4.74 Å². The van der Waals surface area contributed by atoms with Crippen LogP contribution in [0.15, 0.2) is 42.6 Å². The average Bonchev–Trinajstić information content (AvgIpc) is 2.55. The number of methoxy groups -OCH3 is 1. The van der Waals surface area contributed by atoms with Crippen LogP contribution in [0.4, 0.5) is 17.3 Å². The third-order valence-corrected chi connectivity index (χ3v) is 3.35. The van der Waals surface area contributed by atoms with E-state index in [-0.39, 0.29) is 0 Å². The minimum absolute atomic E-state index is 0.624. The Bertz CT molecular complexity index is 801. The average molecular weight is 309 g/mol. The number of nitrogens with zero attached hydrogens (tertiary/aromatic N) is 3. The number of fused-ring (bicyclic) bond motifs is 1. The summed E-state index contributed by atoms with van der Waals surface area (Å²) >= 11 is 0. The molecule has 0 spiro atoms. The molecule has 118 valence electrons. The summed E-state index contributed by atoms with van der Waals surface area (Å²) in [4.78, 5) is 13.3. The van der Waals surface area contributed by atoms with Crippen LogP contribution < -0.4 is 10.6 Å². The third-order valence-electron chi connectivity index (χ3n) is 3.35. The summed E-state index contributed by atoms with van der Waals surface area (Å²) in [5.74, 6) is 2.20. The SMILES string of the molecule is COCCNc1cc(Nc2cccc3cccnc23)nc(C)n1. The molecule has 3 rings (SSSR count). The zero-order valence-corrected chi connectivity index (χ0v) is 13.2. The highest BCUT2D eigenvalue weighted by Crippen LogP contribution is 2.24. The number of ether oxygens (including phenoxy) is 1. The fourth-order valence-corrected chi connectivity index (χ4v) is 2.35. The Morgan fingerprint density at radius 1 is 1.09 bits per heavy atom. The molecule has 6 heteroatoms. The van der Waals surface area contributed by atoms with Crippen LogP contribution in [0.1, 0.15) is 5.82 Å². The van der Waals surface area contributed by atoms with E-state index in [4.69, 9.17) is 4.74 Å². The second-order valence-electron chi connectivity index (χ2n) is 5.11. The van der Waals surface area contributed by atoms with E-state index < -0.39 is 0 Å². The van der Waals surface area contributed by atoms with E-state index in [1.807, 2.05) is 43.3 Å². The molecular weight excluding hydrogens is 290 g/mol. The van der Waals surface area contributed by atoms with Gasteiger partial charge in [0.25, 0.3) is 0 Å². The van der Waals surface area contributed by atoms with Crippen LogP contribution in [0.3, 0.4) is 0 Å². The molecular formula is C17H19N5O. The van der Waals surface area contributed by atoms with Gasteiger partial charge in [-0.2, -0.15) is 0 Å². The maximum atomic E-state index is 5.04. The van der Waals surface area contributed by atoms with Gasteiger partial charge in [-0.1, -0.05) is 18.2 Å². The first-order chi connectivity index (χ1) is 11.3. The number of pyridine rings is 1. The van der Waals surface area contributed by atoms with E-state index in [1.165, 1.54) is 0 Å². The largest absolute Gasteiger partial charge is 0.383 e. The van der Waals surface area contributed by atoms with Gasteiger partial charge in [0.05, 0.1) is 17.8 Å². The van der Waals surface area contributed by atoms with Gasteiger partial charge in [-0.3, -0.25) is 4.98 Å². The lowest BCUT2D eigenvalue weighted by Crippen LogP contribution is -2.10. The van der Waals surface area contributed by atoms with Crippen molar-refractivity contribution >= 4 is 28.2 Å². The highest BCUT2D eigenvalue weighted by Gasteiger charge is 2.05. The Morgan fingerprint density at radius 2 is 1.91 bits per heavy atom. The Labute approximate surface area is 135 Å². The molecule has 0 saturated carbocycles. The number of hydrogen-bond donors (Lipinski definition) is 2. The lowest BCUT2D eigenvalue weighted by atomic mass is 10.2. The van der Waals surface area contributed by atoms with Gasteiger partial charge in [0.15, 0.2) is 0 Å². The van der Waals surface area contributed by atoms with Gasteiger partial charge < -0.3 is 15.4 Å². The van der Waals surface area contributed by atoms with Crippen LogP contribution in [0.25, 0.3) is 10.9 Å². The number of hydrogen-bond acceptors (Lipinski definition) is 6. The lowest BCUT2D eigenvalue weighted by Gasteiger charge is -2.11. The lowest BCUT2D eigenvalue weighted by molar-refractivity contribution is 0.210. The Hall–Kier alpha value is -2.73. The van der Waals surface area contributed by atoms with Crippen LogP contribution in [0, 0.1) is 6.92 Å². The summed E-state index contributed by atoms with van der Waals surface area (Å²) in [7, 11) is 1.67. The topological polar surface area (TPSA) is 72.0 Å². The van der Waals surface area contributed by atoms with Gasteiger partial charge in [-0.25, -0.2) is 9.97 Å². The van der Waals surface area contributed by atoms with Crippen molar-refractivity contribution in [3.05, 3.63) is 48.4 Å². The number of aromatic nitrogens is 3. The van der Waals surface area contributed by atoms with Crippen molar-refractivity contribution in [2.24, 2.45) is 0 Å². The van der Waals surface area contributed by atoms with E-state index >= 15 is 0 Å². The molecule has 0 unspecified atom stereocenters. The summed E-state index contributed by atoms with van der Waals surface area (Å²) in [5.41, 5.74) is 1.84. The van der Waals surface area contributed by atoms with Crippen molar-refractivity contribution in [1.29, 1.82) is 0 Å². The molecule has 2 N–H and O–H groups in total. The number of benzene rings is 1. The number of para-hydroxylation sites is 1. The quantitative estimate of drug-likeness (QED) is 0.682. The minimum atomic E-state index is 0.624. The first-order valence-corrected chi connectivity index (χ1v) is 7.45. The predicted octanol–water partition coefficient (Wildman–Crippen LogP) is 3.14. The monoisotopic (exact) mass is 309 g/mol. The van der Waals surface area contributed by atoms with Gasteiger partial charge in [0, 0.05) is 31.3 Å². The molecule has 0 aliphatic heterocycles. The van der Waals surface area contributed by atoms with E-state index in [2.05, 4.69) is 25.6 Å². The number of anilines is 3. The highest BCUT2D eigenvalue weighted by molar-refractivity contribution is 5.91. The van der Waals surface area contributed by atoms with Gasteiger partial charge in [0.2, 0.25) is 0 Å². The second-order valence-corrected chi connectivity index (χ2v) is 5.11. The van der Waals surface area contributed by atoms with Crippen molar-refractivity contribution in [1.82, 2.24) is 15.0 Å². The fourth-order valence-electron chi connectivity index (χ4n) is 2.35. The summed E-state index contributed by atoms with van der Waals surface area (Å²) in [6, 6.07) is 11.9. The molecule has 0 bridgehead atoms. The zero-order valence-electron chi connectivity index (χ0n) is 13.2. The van der Waals surface area contributed by atoms with Crippen LogP contribution in [0.5, 0.6) is 0 Å². The molecule has 0 saturated heterocycles. The van der Waals surface area contributed by atoms with Crippen LogP contribution in [-0.4, -0.2) is 35.2 Å². The second kappa shape index (κ2) is 7.02. The maximum Gasteiger partial charge on any atom is 0.136 e. The molecule has 0 aliphatic rings. The molecule has 2 heterocycles. The van der Waals surface area contributed by atoms with Gasteiger partial charge >= 0.3 is 0 Å². The Balaban J connectivity index is 1.86. The molecule has 1 aromatic carbocycles. The Morgan fingerprint density at radius 3 is 2.78 bits per heavy atom. The van der Waals surface area contributed by atoms with E-state index in [9.17, 15) is 0 Å². The molecule has 3 aromatic rings. The van der Waals surface area contributed by atoms with E-state index in [0.29, 0.717) is 19.0 Å². The molecule has 0 amide bonds. The Kier molecular flexibility index (Phi) is 4.63. The van der Waals surface area contributed by atoms with Gasteiger partial charge in [0.1, 0.15) is 17.5 Å². The first-order valence-electron chi connectivity index (χ1n) is 7.45. The van der Waals surface area contributed by atoms with Crippen LogP contribution in [0.2, 0.25) is 0 Å². The molecule has 0 fully saturated rings. The highest BCUT2D eigenvalue weighted by atomic mass is 16.5. The number of aryl methyl sites for hydroxylation is 1. The summed E-state index contributed by atoms with van der Waals surface area (Å²) in [5, 5.41) is 7.64. The van der Waals surface area contributed by atoms with Crippen molar-refractivity contribution in [2.75, 3.05) is 30.9 Å². The summed E-state index contributed by atoms with van der Waals surface area (Å²) in [6.07, 6.45) is 1.79. The van der Waals surface area contributed by atoms with Crippen molar-refractivity contribution in [2.45, 2.75) is 6.92 Å². The molecule has 0 radical (unpaired) electrons. The van der Waals surface area contributed by atoms with Crippen molar-refractivity contribution in [3.63, 3.8) is 0 Å². The first kappa shape index (κ1) is 15.2. The molecule has 6 nitrogen and oxygen atoms in total. The molecule has 23 heavy (non-hydrogen) atoms. The van der Waals surface area contributed by atoms with E-state index in [0.717, 1.165) is 28.2 Å². The summed E-state index contributed by atoms with van der Waals surface area (Å²) < 4.78 is 5.04. The smallest absolute Gasteiger partial charge is 0.136 e. The van der Waals surface area contributed by atoms with Crippen LogP contribution >= 0.6 is 0 Å². The standard InChI is InChI=1S/C17H19N5O/c1-12-20-15(18-9-10-23-2)11-16(21-12)22-14-7-3-5-13-6-4-8-19-17(13)14/h3-8,11H,9-10H2,1-2H3,(H2,18,20,21,22). The van der Waals surface area contributed by atoms with Gasteiger partial charge in [-0.05, 0) is 19.1 Å². The van der Waals surface area contributed by atoms with E-state index in [1.54, 1.807) is 13.3 Å². The minimum Gasteiger partial charge on any atom is -0.383 e. The zero-order chi connectivity index (χ0) is 16.1. The number of nitrogens with one attached hydrogen (secondary N) is 2. The molecule has 0 atom stereocenters. The maximum absolute atomic E-state index is 5.04.